The fourth-order valence-corrected chi connectivity index (χ4v) is 2.55. The van der Waals surface area contributed by atoms with Gasteiger partial charge in [-0.1, -0.05) is 22.9 Å². The molecule has 4 heteroatoms. The van der Waals surface area contributed by atoms with Crippen LogP contribution in [0.25, 0.3) is 11.1 Å². The van der Waals surface area contributed by atoms with E-state index in [-0.39, 0.29) is 0 Å². The Labute approximate surface area is 113 Å². The van der Waals surface area contributed by atoms with Gasteiger partial charge in [-0.25, -0.2) is 0 Å². The number of nitrogens with two attached hydrogens (primary N) is 1. The van der Waals surface area contributed by atoms with Crippen LogP contribution < -0.4 is 5.73 Å². The largest absolute Gasteiger partial charge is 0.384 e. The van der Waals surface area contributed by atoms with E-state index in [1.807, 2.05) is 0 Å². The quantitative estimate of drug-likeness (QED) is 0.917. The highest BCUT2D eigenvalue weighted by atomic mass is 16.5. The molecule has 102 valence electrons. The molecule has 1 heterocycles. The predicted octanol–water partition coefficient (Wildman–Crippen LogP) is 3.04. The van der Waals surface area contributed by atoms with Crippen LogP contribution in [0, 0.1) is 20.8 Å². The molecule has 0 fully saturated rings. The van der Waals surface area contributed by atoms with E-state index >= 15 is 0 Å². The topological polar surface area (TPSA) is 61.3 Å². The second-order valence-corrected chi connectivity index (χ2v) is 4.89. The van der Waals surface area contributed by atoms with Gasteiger partial charge in [0.2, 0.25) is 5.88 Å². The van der Waals surface area contributed by atoms with E-state index < -0.39 is 0 Å². The molecule has 0 atom stereocenters. The highest BCUT2D eigenvalue weighted by molar-refractivity contribution is 5.80. The summed E-state index contributed by atoms with van der Waals surface area (Å²) in [6.45, 7) is 6.86. The van der Waals surface area contributed by atoms with Gasteiger partial charge in [0, 0.05) is 13.5 Å². The predicted molar refractivity (Wildman–Crippen MR) is 76.1 cm³/mol. The first kappa shape index (κ1) is 13.6. The Balaban J connectivity index is 2.55. The first-order valence-corrected chi connectivity index (χ1v) is 6.35. The zero-order valence-corrected chi connectivity index (χ0v) is 11.9. The molecule has 2 aromatic rings. The molecule has 0 aliphatic rings. The van der Waals surface area contributed by atoms with Gasteiger partial charge >= 0.3 is 0 Å². The van der Waals surface area contributed by atoms with Crippen molar-refractivity contribution in [1.29, 1.82) is 0 Å². The molecule has 0 aliphatic carbocycles. The summed E-state index contributed by atoms with van der Waals surface area (Å²) in [5, 5.41) is 4.05. The summed E-state index contributed by atoms with van der Waals surface area (Å²) < 4.78 is 10.3. The number of hydrogen-bond donors (Lipinski definition) is 1. The number of aromatic nitrogens is 1. The Hall–Kier alpha value is -1.81. The Kier molecular flexibility index (Phi) is 3.90. The van der Waals surface area contributed by atoms with Crippen LogP contribution in [-0.4, -0.2) is 18.9 Å². The molecule has 0 amide bonds. The van der Waals surface area contributed by atoms with Crippen molar-refractivity contribution in [2.24, 2.45) is 0 Å². The highest BCUT2D eigenvalue weighted by Gasteiger charge is 2.19. The Morgan fingerprint density at radius 3 is 2.37 bits per heavy atom. The molecule has 0 radical (unpaired) electrons. The van der Waals surface area contributed by atoms with Gasteiger partial charge in [0.05, 0.1) is 17.9 Å². The lowest BCUT2D eigenvalue weighted by atomic mass is 9.93. The van der Waals surface area contributed by atoms with Gasteiger partial charge in [-0.3, -0.25) is 0 Å². The van der Waals surface area contributed by atoms with E-state index in [0.29, 0.717) is 18.9 Å². The van der Waals surface area contributed by atoms with Crippen molar-refractivity contribution in [2.75, 3.05) is 19.5 Å². The molecule has 1 aromatic carbocycles. The smallest absolute Gasteiger partial charge is 0.230 e. The van der Waals surface area contributed by atoms with Crippen molar-refractivity contribution in [1.82, 2.24) is 5.16 Å². The summed E-state index contributed by atoms with van der Waals surface area (Å²) in [5.41, 5.74) is 12.5. The minimum absolute atomic E-state index is 0.376. The van der Waals surface area contributed by atoms with E-state index in [4.69, 9.17) is 15.0 Å². The Morgan fingerprint density at radius 1 is 1.16 bits per heavy atom. The summed E-state index contributed by atoms with van der Waals surface area (Å²) in [6, 6.07) is 4.30. The monoisotopic (exact) mass is 260 g/mol. The SMILES string of the molecule is COCCc1noc(N)c1-c1c(C)cc(C)cc1C. The molecule has 2 N–H and O–H groups in total. The number of methoxy groups -OCH3 is 1. The third kappa shape index (κ3) is 2.63. The maximum Gasteiger partial charge on any atom is 0.230 e. The standard InChI is InChI=1S/C15H20N2O2/c1-9-7-10(2)13(11(3)8-9)14-12(5-6-18-4)17-19-15(14)16/h7-8H,5-6,16H2,1-4H3. The van der Waals surface area contributed by atoms with E-state index in [1.54, 1.807) is 7.11 Å². The van der Waals surface area contributed by atoms with Crippen molar-refractivity contribution < 1.29 is 9.26 Å². The van der Waals surface area contributed by atoms with Gasteiger partial charge in [0.15, 0.2) is 0 Å². The van der Waals surface area contributed by atoms with E-state index in [2.05, 4.69) is 38.1 Å². The maximum atomic E-state index is 5.95. The minimum Gasteiger partial charge on any atom is -0.384 e. The summed E-state index contributed by atoms with van der Waals surface area (Å²) in [5.74, 6) is 0.376. The van der Waals surface area contributed by atoms with Crippen molar-refractivity contribution in [3.8, 4) is 11.1 Å². The number of benzene rings is 1. The molecular formula is C15H20N2O2. The number of rotatable bonds is 4. The van der Waals surface area contributed by atoms with Crippen LogP contribution in [0.5, 0.6) is 0 Å². The van der Waals surface area contributed by atoms with E-state index in [0.717, 1.165) is 16.8 Å². The van der Waals surface area contributed by atoms with Gasteiger partial charge in [0.25, 0.3) is 0 Å². The third-order valence-corrected chi connectivity index (χ3v) is 3.26. The average molecular weight is 260 g/mol. The van der Waals surface area contributed by atoms with Gasteiger partial charge < -0.3 is 15.0 Å². The molecule has 0 unspecified atom stereocenters. The minimum atomic E-state index is 0.376. The molecule has 0 spiro atoms. The fraction of sp³-hybridized carbons (Fsp3) is 0.400. The molecule has 0 saturated carbocycles. The van der Waals surface area contributed by atoms with Crippen LogP contribution >= 0.6 is 0 Å². The average Bonchev–Trinajstić information content (AvgIpc) is 2.68. The number of nitrogens with zero attached hydrogens (tertiary/aromatic N) is 1. The van der Waals surface area contributed by atoms with Crippen LogP contribution in [0.15, 0.2) is 16.7 Å². The van der Waals surface area contributed by atoms with Gasteiger partial charge in [0.1, 0.15) is 0 Å². The van der Waals surface area contributed by atoms with Crippen LogP contribution in [0.2, 0.25) is 0 Å². The summed E-state index contributed by atoms with van der Waals surface area (Å²) in [6.07, 6.45) is 0.694. The second kappa shape index (κ2) is 5.45. The lowest BCUT2D eigenvalue weighted by Crippen LogP contribution is -2.00. The normalized spacial score (nSPS) is 10.9. The molecule has 0 bridgehead atoms. The molecule has 19 heavy (non-hydrogen) atoms. The molecule has 0 aliphatic heterocycles. The van der Waals surface area contributed by atoms with Crippen molar-refractivity contribution in [3.63, 3.8) is 0 Å². The first-order valence-electron chi connectivity index (χ1n) is 6.35. The second-order valence-electron chi connectivity index (χ2n) is 4.89. The summed E-state index contributed by atoms with van der Waals surface area (Å²) >= 11 is 0. The van der Waals surface area contributed by atoms with Crippen LogP contribution in [0.1, 0.15) is 22.4 Å². The lowest BCUT2D eigenvalue weighted by Gasteiger charge is -2.11. The van der Waals surface area contributed by atoms with Gasteiger partial charge in [-0.05, 0) is 37.5 Å². The first-order chi connectivity index (χ1) is 9.04. The van der Waals surface area contributed by atoms with Crippen LogP contribution in [0.3, 0.4) is 0 Å². The Bertz CT molecular complexity index is 565. The van der Waals surface area contributed by atoms with E-state index in [1.165, 1.54) is 16.7 Å². The molecule has 2 rings (SSSR count). The summed E-state index contributed by atoms with van der Waals surface area (Å²) in [7, 11) is 1.67. The number of ether oxygens (including phenoxy) is 1. The molecular weight excluding hydrogens is 240 g/mol. The van der Waals surface area contributed by atoms with Gasteiger partial charge in [-0.15, -0.1) is 0 Å². The van der Waals surface area contributed by atoms with Crippen molar-refractivity contribution in [3.05, 3.63) is 34.5 Å². The fourth-order valence-electron chi connectivity index (χ4n) is 2.55. The number of anilines is 1. The maximum absolute atomic E-state index is 5.95. The lowest BCUT2D eigenvalue weighted by molar-refractivity contribution is 0.200. The van der Waals surface area contributed by atoms with E-state index in [9.17, 15) is 0 Å². The van der Waals surface area contributed by atoms with Crippen molar-refractivity contribution >= 4 is 5.88 Å². The van der Waals surface area contributed by atoms with Gasteiger partial charge in [-0.2, -0.15) is 0 Å². The highest BCUT2D eigenvalue weighted by Crippen LogP contribution is 2.35. The Morgan fingerprint density at radius 2 is 1.79 bits per heavy atom. The third-order valence-electron chi connectivity index (χ3n) is 3.26. The zero-order chi connectivity index (χ0) is 14.0. The zero-order valence-electron chi connectivity index (χ0n) is 11.9. The van der Waals surface area contributed by atoms with Crippen LogP contribution in [-0.2, 0) is 11.2 Å². The molecule has 0 saturated heterocycles. The molecule has 1 aromatic heterocycles. The van der Waals surface area contributed by atoms with Crippen LogP contribution in [0.4, 0.5) is 5.88 Å². The van der Waals surface area contributed by atoms with Crippen molar-refractivity contribution in [2.45, 2.75) is 27.2 Å². The number of nitrogen functional groups attached to an aromatic ring is 1. The molecule has 4 nitrogen and oxygen atoms in total. The number of aryl methyl sites for hydroxylation is 3. The summed E-state index contributed by atoms with van der Waals surface area (Å²) in [4.78, 5) is 0. The number of hydrogen-bond acceptors (Lipinski definition) is 4.